The lowest BCUT2D eigenvalue weighted by Crippen LogP contribution is -2.39. The van der Waals surface area contributed by atoms with E-state index in [0.717, 1.165) is 42.5 Å². The van der Waals surface area contributed by atoms with Crippen molar-refractivity contribution in [3.8, 4) is 0 Å². The maximum Gasteiger partial charge on any atom is 0.243 e. The SMILES string of the molecule is Cc1ccc(C=NNC(=O)C2CCN(Cc3ccc(Br)cc3)CC2)cc1. The zero-order valence-electron chi connectivity index (χ0n) is 15.0. The van der Waals surface area contributed by atoms with Gasteiger partial charge in [0.1, 0.15) is 0 Å². The van der Waals surface area contributed by atoms with E-state index in [1.165, 1.54) is 11.1 Å². The number of piperidine rings is 1. The second-order valence-corrected chi connectivity index (χ2v) is 7.74. The first-order valence-corrected chi connectivity index (χ1v) is 9.76. The zero-order valence-corrected chi connectivity index (χ0v) is 16.6. The van der Waals surface area contributed by atoms with Gasteiger partial charge in [-0.25, -0.2) is 5.43 Å². The summed E-state index contributed by atoms with van der Waals surface area (Å²) in [6.07, 6.45) is 3.45. The molecule has 1 saturated heterocycles. The highest BCUT2D eigenvalue weighted by Crippen LogP contribution is 2.20. The lowest BCUT2D eigenvalue weighted by atomic mass is 9.96. The smallest absolute Gasteiger partial charge is 0.243 e. The Hall–Kier alpha value is -1.98. The van der Waals surface area contributed by atoms with Crippen LogP contribution in [-0.4, -0.2) is 30.1 Å². The Morgan fingerprint density at radius 1 is 1.15 bits per heavy atom. The quantitative estimate of drug-likeness (QED) is 0.591. The van der Waals surface area contributed by atoms with Gasteiger partial charge in [-0.1, -0.05) is 57.9 Å². The third-order valence-corrected chi connectivity index (χ3v) is 5.27. The standard InChI is InChI=1S/C21H24BrN3O/c1-16-2-4-17(5-3-16)14-23-24-21(26)19-10-12-25(13-11-19)15-18-6-8-20(22)9-7-18/h2-9,14,19H,10-13,15H2,1H3,(H,24,26). The molecule has 136 valence electrons. The lowest BCUT2D eigenvalue weighted by Gasteiger charge is -2.30. The summed E-state index contributed by atoms with van der Waals surface area (Å²) in [4.78, 5) is 14.7. The number of rotatable bonds is 5. The van der Waals surface area contributed by atoms with Gasteiger partial charge in [0.15, 0.2) is 0 Å². The van der Waals surface area contributed by atoms with Crippen molar-refractivity contribution in [3.63, 3.8) is 0 Å². The molecule has 0 atom stereocenters. The molecule has 1 fully saturated rings. The Labute approximate surface area is 163 Å². The summed E-state index contributed by atoms with van der Waals surface area (Å²) >= 11 is 3.46. The van der Waals surface area contributed by atoms with Crippen LogP contribution < -0.4 is 5.43 Å². The van der Waals surface area contributed by atoms with Crippen LogP contribution in [0.15, 0.2) is 58.1 Å². The molecule has 3 rings (SSSR count). The summed E-state index contributed by atoms with van der Waals surface area (Å²) in [5.41, 5.74) is 6.19. The Bertz CT molecular complexity index is 748. The first-order chi connectivity index (χ1) is 12.6. The molecule has 1 aliphatic rings. The minimum atomic E-state index is 0.0247. The van der Waals surface area contributed by atoms with E-state index in [4.69, 9.17) is 0 Å². The van der Waals surface area contributed by atoms with Crippen molar-refractivity contribution in [1.29, 1.82) is 0 Å². The molecule has 26 heavy (non-hydrogen) atoms. The maximum absolute atomic E-state index is 12.3. The monoisotopic (exact) mass is 413 g/mol. The van der Waals surface area contributed by atoms with Crippen LogP contribution in [0.2, 0.25) is 0 Å². The van der Waals surface area contributed by atoms with Gasteiger partial charge >= 0.3 is 0 Å². The van der Waals surface area contributed by atoms with Gasteiger partial charge in [-0.3, -0.25) is 9.69 Å². The van der Waals surface area contributed by atoms with Crippen LogP contribution in [0.1, 0.15) is 29.5 Å². The number of hydrogen-bond acceptors (Lipinski definition) is 3. The van der Waals surface area contributed by atoms with E-state index < -0.39 is 0 Å². The van der Waals surface area contributed by atoms with Gasteiger partial charge in [0.05, 0.1) is 6.21 Å². The number of carbonyl (C=O) groups is 1. The van der Waals surface area contributed by atoms with E-state index in [-0.39, 0.29) is 11.8 Å². The molecule has 5 heteroatoms. The highest BCUT2D eigenvalue weighted by atomic mass is 79.9. The van der Waals surface area contributed by atoms with Crippen LogP contribution in [0.25, 0.3) is 0 Å². The summed E-state index contributed by atoms with van der Waals surface area (Å²) in [5, 5.41) is 4.10. The molecule has 0 aromatic heterocycles. The molecule has 0 aliphatic carbocycles. The van der Waals surface area contributed by atoms with Gasteiger partial charge in [-0.15, -0.1) is 0 Å². The summed E-state index contributed by atoms with van der Waals surface area (Å²) in [5.74, 6) is 0.0722. The molecule has 0 unspecified atom stereocenters. The number of likely N-dealkylation sites (tertiary alicyclic amines) is 1. The number of amides is 1. The van der Waals surface area contributed by atoms with Crippen LogP contribution in [0.3, 0.4) is 0 Å². The molecule has 2 aromatic rings. The fraction of sp³-hybridized carbons (Fsp3) is 0.333. The van der Waals surface area contributed by atoms with Crippen molar-refractivity contribution in [2.75, 3.05) is 13.1 Å². The van der Waals surface area contributed by atoms with Gasteiger partial charge in [-0.2, -0.15) is 5.10 Å². The Kier molecular flexibility index (Phi) is 6.58. The second-order valence-electron chi connectivity index (χ2n) is 6.82. The molecular weight excluding hydrogens is 390 g/mol. The molecular formula is C21H24BrN3O. The van der Waals surface area contributed by atoms with E-state index in [9.17, 15) is 4.79 Å². The van der Waals surface area contributed by atoms with Crippen LogP contribution in [0, 0.1) is 12.8 Å². The largest absolute Gasteiger partial charge is 0.299 e. The van der Waals surface area contributed by atoms with Gasteiger partial charge in [0.25, 0.3) is 0 Å². The maximum atomic E-state index is 12.3. The van der Waals surface area contributed by atoms with E-state index in [1.54, 1.807) is 6.21 Å². The molecule has 1 heterocycles. The third-order valence-electron chi connectivity index (χ3n) is 4.74. The molecule has 2 aromatic carbocycles. The van der Waals surface area contributed by atoms with Crippen molar-refractivity contribution >= 4 is 28.1 Å². The van der Waals surface area contributed by atoms with Crippen molar-refractivity contribution in [3.05, 3.63) is 69.7 Å². The van der Waals surface area contributed by atoms with E-state index in [1.807, 2.05) is 31.2 Å². The summed E-state index contributed by atoms with van der Waals surface area (Å²) < 4.78 is 1.10. The number of hydrogen-bond donors (Lipinski definition) is 1. The minimum absolute atomic E-state index is 0.0247. The van der Waals surface area contributed by atoms with Crippen LogP contribution in [-0.2, 0) is 11.3 Å². The number of halogens is 1. The number of nitrogens with one attached hydrogen (secondary N) is 1. The topological polar surface area (TPSA) is 44.7 Å². The van der Waals surface area contributed by atoms with Gasteiger partial charge in [-0.05, 0) is 56.1 Å². The van der Waals surface area contributed by atoms with Crippen molar-refractivity contribution < 1.29 is 4.79 Å². The van der Waals surface area contributed by atoms with Gasteiger partial charge < -0.3 is 0 Å². The van der Waals surface area contributed by atoms with Gasteiger partial charge in [0, 0.05) is 16.9 Å². The van der Waals surface area contributed by atoms with Crippen LogP contribution in [0.4, 0.5) is 0 Å². The minimum Gasteiger partial charge on any atom is -0.299 e. The first-order valence-electron chi connectivity index (χ1n) is 8.96. The number of nitrogens with zero attached hydrogens (tertiary/aromatic N) is 2. The van der Waals surface area contributed by atoms with Crippen molar-refractivity contribution in [2.45, 2.75) is 26.3 Å². The van der Waals surface area contributed by atoms with Crippen molar-refractivity contribution in [2.24, 2.45) is 11.0 Å². The second kappa shape index (κ2) is 9.10. The molecule has 4 nitrogen and oxygen atoms in total. The third kappa shape index (κ3) is 5.51. The van der Waals surface area contributed by atoms with E-state index in [0.29, 0.717) is 0 Å². The van der Waals surface area contributed by atoms with E-state index in [2.05, 4.69) is 55.6 Å². The molecule has 0 bridgehead atoms. The predicted molar refractivity (Wildman–Crippen MR) is 109 cm³/mol. The average molecular weight is 414 g/mol. The normalized spacial score (nSPS) is 16.1. The fourth-order valence-electron chi connectivity index (χ4n) is 3.12. The predicted octanol–water partition coefficient (Wildman–Crippen LogP) is 4.12. The zero-order chi connectivity index (χ0) is 18.4. The van der Waals surface area contributed by atoms with Crippen LogP contribution in [0.5, 0.6) is 0 Å². The molecule has 1 aliphatic heterocycles. The number of carbonyl (C=O) groups excluding carboxylic acids is 1. The first kappa shape index (κ1) is 18.8. The number of aryl methyl sites for hydroxylation is 1. The molecule has 0 radical (unpaired) electrons. The highest BCUT2D eigenvalue weighted by molar-refractivity contribution is 9.10. The fourth-order valence-corrected chi connectivity index (χ4v) is 3.38. The summed E-state index contributed by atoms with van der Waals surface area (Å²) in [7, 11) is 0. The lowest BCUT2D eigenvalue weighted by molar-refractivity contribution is -0.126. The molecule has 0 saturated carbocycles. The van der Waals surface area contributed by atoms with Crippen LogP contribution >= 0.6 is 15.9 Å². The number of benzene rings is 2. The van der Waals surface area contributed by atoms with E-state index >= 15 is 0 Å². The Morgan fingerprint density at radius 3 is 2.46 bits per heavy atom. The van der Waals surface area contributed by atoms with Gasteiger partial charge in [0.2, 0.25) is 5.91 Å². The Balaban J connectivity index is 1.43. The molecule has 1 amide bonds. The van der Waals surface area contributed by atoms with Crippen molar-refractivity contribution in [1.82, 2.24) is 10.3 Å². The Morgan fingerprint density at radius 2 is 1.81 bits per heavy atom. The summed E-state index contributed by atoms with van der Waals surface area (Å²) in [6.45, 7) is 4.87. The number of hydrazone groups is 1. The summed E-state index contributed by atoms with van der Waals surface area (Å²) in [6, 6.07) is 16.5. The molecule has 0 spiro atoms. The average Bonchev–Trinajstić information content (AvgIpc) is 2.66. The molecule has 1 N–H and O–H groups in total. The highest BCUT2D eigenvalue weighted by Gasteiger charge is 2.24.